The first-order valence-electron chi connectivity index (χ1n) is 16.2. The van der Waals surface area contributed by atoms with Gasteiger partial charge in [0.25, 0.3) is 0 Å². The molecule has 8 rings (SSSR count). The number of nitrogens with zero attached hydrogens (tertiary/aromatic N) is 4. The van der Waals surface area contributed by atoms with Gasteiger partial charge in [-0.1, -0.05) is 12.1 Å². The van der Waals surface area contributed by atoms with Crippen LogP contribution in [-0.2, 0) is 19.6 Å². The van der Waals surface area contributed by atoms with Crippen LogP contribution >= 0.6 is 0 Å². The first kappa shape index (κ1) is 30.3. The second-order valence-corrected chi connectivity index (χ2v) is 15.6. The molecule has 4 bridgehead atoms. The number of aliphatic hydroxyl groups is 1. The molecule has 11 nitrogen and oxygen atoms in total. The summed E-state index contributed by atoms with van der Waals surface area (Å²) in [7, 11) is -2.26. The van der Waals surface area contributed by atoms with Crippen LogP contribution in [0.25, 0.3) is 0 Å². The number of carbonyl (C=O) groups excluding carboxylic acids is 2. The first-order chi connectivity index (χ1) is 21.6. The average Bonchev–Trinajstić information content (AvgIpc) is 3.04. The van der Waals surface area contributed by atoms with Gasteiger partial charge in [-0.25, -0.2) is 13.2 Å². The van der Waals surface area contributed by atoms with E-state index in [1.54, 1.807) is 0 Å². The molecule has 2 unspecified atom stereocenters. The van der Waals surface area contributed by atoms with E-state index in [4.69, 9.17) is 0 Å². The second kappa shape index (κ2) is 11.8. The number of sulfonamides is 1. The van der Waals surface area contributed by atoms with Crippen molar-refractivity contribution in [2.75, 3.05) is 66.8 Å². The Hall–Kier alpha value is -3.35. The summed E-state index contributed by atoms with van der Waals surface area (Å²) in [5.41, 5.74) is 3.41. The highest BCUT2D eigenvalue weighted by atomic mass is 32.2. The molecule has 242 valence electrons. The van der Waals surface area contributed by atoms with Crippen LogP contribution in [0.5, 0.6) is 0 Å². The van der Waals surface area contributed by atoms with Gasteiger partial charge in [0.1, 0.15) is 0 Å². The molecule has 12 heteroatoms. The van der Waals surface area contributed by atoms with Crippen molar-refractivity contribution in [1.29, 1.82) is 0 Å². The van der Waals surface area contributed by atoms with E-state index in [2.05, 4.69) is 50.2 Å². The lowest BCUT2D eigenvalue weighted by atomic mass is 9.52. The Bertz CT molecular complexity index is 1530. The molecule has 2 aliphatic heterocycles. The highest BCUT2D eigenvalue weighted by molar-refractivity contribution is 7.89. The molecule has 0 radical (unpaired) electrons. The lowest BCUT2D eigenvalue weighted by molar-refractivity contribution is -0.140. The van der Waals surface area contributed by atoms with E-state index in [0.29, 0.717) is 57.0 Å². The predicted molar refractivity (Wildman–Crippen MR) is 172 cm³/mol. The number of esters is 1. The molecule has 0 spiro atoms. The number of urea groups is 1. The zero-order valence-corrected chi connectivity index (χ0v) is 26.6. The van der Waals surface area contributed by atoms with Crippen LogP contribution in [0.1, 0.15) is 38.5 Å². The van der Waals surface area contributed by atoms with Gasteiger partial charge in [0, 0.05) is 56.7 Å². The van der Waals surface area contributed by atoms with E-state index in [1.165, 1.54) is 11.4 Å². The molecule has 5 fully saturated rings. The number of fused-ring (bicyclic) bond motifs is 1. The van der Waals surface area contributed by atoms with E-state index in [1.807, 2.05) is 23.1 Å². The first-order valence-corrected chi connectivity index (χ1v) is 17.8. The summed E-state index contributed by atoms with van der Waals surface area (Å²) in [5.74, 6) is 0.556. The van der Waals surface area contributed by atoms with Crippen molar-refractivity contribution in [3.05, 3.63) is 48.5 Å². The number of hydrogen-bond acceptors (Lipinski definition) is 8. The summed E-state index contributed by atoms with van der Waals surface area (Å²) < 4.78 is 31.4. The fourth-order valence-corrected chi connectivity index (χ4v) is 10.2. The van der Waals surface area contributed by atoms with E-state index >= 15 is 0 Å². The van der Waals surface area contributed by atoms with Crippen molar-refractivity contribution in [2.24, 2.45) is 17.8 Å². The Balaban J connectivity index is 0.992. The molecule has 4 saturated carbocycles. The Morgan fingerprint density at radius 2 is 1.53 bits per heavy atom. The number of piperazine rings is 1. The van der Waals surface area contributed by atoms with Crippen molar-refractivity contribution < 1.29 is 27.9 Å². The predicted octanol–water partition coefficient (Wildman–Crippen LogP) is 3.31. The van der Waals surface area contributed by atoms with Gasteiger partial charge >= 0.3 is 12.0 Å². The van der Waals surface area contributed by atoms with E-state index in [-0.39, 0.29) is 24.2 Å². The monoisotopic (exact) mass is 637 g/mol. The number of ether oxygens (including phenoxy) is 1. The van der Waals surface area contributed by atoms with Gasteiger partial charge in [-0.05, 0) is 86.3 Å². The van der Waals surface area contributed by atoms with Crippen LogP contribution in [0.3, 0.4) is 0 Å². The van der Waals surface area contributed by atoms with Crippen molar-refractivity contribution in [3.8, 4) is 0 Å². The maximum atomic E-state index is 13.7. The molecule has 2 aromatic carbocycles. The van der Waals surface area contributed by atoms with Gasteiger partial charge in [-0.2, -0.15) is 4.31 Å². The molecule has 2 heterocycles. The van der Waals surface area contributed by atoms with Crippen LogP contribution < -0.4 is 20.0 Å². The molecule has 2 aromatic rings. The zero-order valence-electron chi connectivity index (χ0n) is 25.8. The lowest BCUT2D eigenvalue weighted by Crippen LogP contribution is -2.63. The summed E-state index contributed by atoms with van der Waals surface area (Å²) in [6, 6.07) is 16.4. The summed E-state index contributed by atoms with van der Waals surface area (Å²) in [6.07, 6.45) is 4.60. The van der Waals surface area contributed by atoms with Crippen molar-refractivity contribution in [2.45, 2.75) is 50.2 Å². The maximum Gasteiger partial charge on any atom is 0.322 e. The van der Waals surface area contributed by atoms with Gasteiger partial charge < -0.3 is 25.0 Å². The van der Waals surface area contributed by atoms with Crippen LogP contribution in [0.4, 0.5) is 27.5 Å². The Kier molecular flexibility index (Phi) is 7.94. The number of rotatable bonds is 7. The Morgan fingerprint density at radius 3 is 2.18 bits per heavy atom. The number of benzene rings is 2. The smallest absolute Gasteiger partial charge is 0.322 e. The molecule has 2 atom stereocenters. The number of amides is 2. The van der Waals surface area contributed by atoms with Gasteiger partial charge in [0.15, 0.2) is 0 Å². The number of hydrogen-bond donors (Lipinski definition) is 2. The minimum atomic E-state index is -3.51. The topological polar surface area (TPSA) is 123 Å². The number of methoxy groups -OCH3 is 1. The van der Waals surface area contributed by atoms with Crippen molar-refractivity contribution in [1.82, 2.24) is 9.62 Å². The van der Waals surface area contributed by atoms with Gasteiger partial charge in [-0.3, -0.25) is 9.69 Å². The van der Waals surface area contributed by atoms with E-state index in [9.17, 15) is 23.1 Å². The van der Waals surface area contributed by atoms with Crippen LogP contribution in [0, 0.1) is 17.8 Å². The largest absolute Gasteiger partial charge is 0.469 e. The van der Waals surface area contributed by atoms with Gasteiger partial charge in [0.2, 0.25) is 10.0 Å². The third kappa shape index (κ3) is 5.88. The van der Waals surface area contributed by atoms with Crippen molar-refractivity contribution >= 4 is 44.8 Å². The van der Waals surface area contributed by atoms with Gasteiger partial charge in [0.05, 0.1) is 36.3 Å². The zero-order chi connectivity index (χ0) is 31.3. The molecular weight excluding hydrogens is 594 g/mol. The Labute approximate surface area is 265 Å². The van der Waals surface area contributed by atoms with E-state index in [0.717, 1.165) is 54.9 Å². The lowest BCUT2D eigenvalue weighted by Gasteiger charge is -2.58. The van der Waals surface area contributed by atoms with Crippen LogP contribution in [0.15, 0.2) is 48.5 Å². The average molecular weight is 638 g/mol. The molecule has 1 saturated heterocycles. The van der Waals surface area contributed by atoms with Crippen LogP contribution in [0.2, 0.25) is 0 Å². The molecule has 45 heavy (non-hydrogen) atoms. The fourth-order valence-electron chi connectivity index (χ4n) is 8.79. The van der Waals surface area contributed by atoms with Crippen molar-refractivity contribution in [3.63, 3.8) is 0 Å². The molecular formula is C33H43N5O6S. The number of para-hydroxylation sites is 2. The quantitative estimate of drug-likeness (QED) is 0.444. The highest BCUT2D eigenvalue weighted by Gasteiger charge is 2.55. The second-order valence-electron chi connectivity index (χ2n) is 13.5. The summed E-state index contributed by atoms with van der Waals surface area (Å²) in [4.78, 5) is 31.4. The minimum Gasteiger partial charge on any atom is -0.469 e. The third-order valence-corrected chi connectivity index (χ3v) is 12.6. The number of anilines is 4. The standard InChI is InChI=1S/C33H43N5O6S/c1-44-30(39)10-17-45(42,43)36-13-11-35(12-14-36)26-6-8-27(9-7-26)37-15-16-38(29-5-3-2-4-28(29)37)32(40)34-31-24-18-23-19-25(31)22-33(41,20-23)21-24/h2-9,23-25,31,41H,10-22H2,1H3,(H,34,40). The third-order valence-electron chi connectivity index (χ3n) is 10.7. The van der Waals surface area contributed by atoms with Gasteiger partial charge in [-0.15, -0.1) is 0 Å². The normalized spacial score (nSPS) is 29.4. The maximum absolute atomic E-state index is 13.7. The summed E-state index contributed by atoms with van der Waals surface area (Å²) in [5, 5.41) is 14.4. The molecule has 6 aliphatic rings. The Morgan fingerprint density at radius 1 is 0.889 bits per heavy atom. The minimum absolute atomic E-state index is 0.0478. The molecule has 4 aliphatic carbocycles. The molecule has 0 aromatic heterocycles. The highest BCUT2D eigenvalue weighted by Crippen LogP contribution is 2.55. The number of carbonyl (C=O) groups is 2. The summed E-state index contributed by atoms with van der Waals surface area (Å²) >= 11 is 0. The fraction of sp³-hybridized carbons (Fsp3) is 0.576. The summed E-state index contributed by atoms with van der Waals surface area (Å²) in [6.45, 7) is 3.09. The molecule has 2 amide bonds. The SMILES string of the molecule is COC(=O)CCS(=O)(=O)N1CCN(c2ccc(N3CCN(C(=O)NC4C5CC6CC4CC(O)(C6)C5)c4ccccc43)cc2)CC1. The molecule has 2 N–H and O–H groups in total. The number of nitrogens with one attached hydrogen (secondary N) is 1. The van der Waals surface area contributed by atoms with E-state index < -0.39 is 21.6 Å². The van der Waals surface area contributed by atoms with Crippen LogP contribution in [-0.4, -0.2) is 93.6 Å².